The van der Waals surface area contributed by atoms with E-state index in [-0.39, 0.29) is 17.3 Å². The fraction of sp³-hybridized carbons (Fsp3) is 0.259. The Hall–Kier alpha value is -3.90. The first kappa shape index (κ1) is 26.7. The molecule has 0 bridgehead atoms. The molecule has 0 amide bonds. The topological polar surface area (TPSA) is 89.4 Å². The molecule has 12 heteroatoms. The lowest BCUT2D eigenvalue weighted by atomic mass is 10.1. The molecular formula is C27H26F3N5O3S. The summed E-state index contributed by atoms with van der Waals surface area (Å²) >= 11 is 0. The summed E-state index contributed by atoms with van der Waals surface area (Å²) < 4.78 is 74.2. The number of aryl methyl sites for hydroxylation is 2. The van der Waals surface area contributed by atoms with Crippen molar-refractivity contribution in [3.63, 3.8) is 0 Å². The highest BCUT2D eigenvalue weighted by Crippen LogP contribution is 2.35. The van der Waals surface area contributed by atoms with Crippen molar-refractivity contribution >= 4 is 21.5 Å². The van der Waals surface area contributed by atoms with Gasteiger partial charge in [-0.05, 0) is 66.9 Å². The van der Waals surface area contributed by atoms with Crippen molar-refractivity contribution in [2.24, 2.45) is 0 Å². The molecule has 1 N–H and O–H groups in total. The lowest BCUT2D eigenvalue weighted by Gasteiger charge is -2.19. The van der Waals surface area contributed by atoms with Crippen molar-refractivity contribution in [3.05, 3.63) is 83.7 Å². The first-order valence-electron chi connectivity index (χ1n) is 12.2. The number of methoxy groups -OCH3 is 1. The molecule has 8 nitrogen and oxygen atoms in total. The Morgan fingerprint density at radius 3 is 2.49 bits per heavy atom. The van der Waals surface area contributed by atoms with Crippen molar-refractivity contribution < 1.29 is 26.3 Å². The number of nitrogens with zero attached hydrogens (tertiary/aromatic N) is 4. The Kier molecular flexibility index (Phi) is 7.08. The molecule has 0 saturated carbocycles. The van der Waals surface area contributed by atoms with E-state index < -0.39 is 21.8 Å². The van der Waals surface area contributed by atoms with Crippen molar-refractivity contribution in [1.29, 1.82) is 0 Å². The molecule has 0 atom stereocenters. The van der Waals surface area contributed by atoms with Crippen LogP contribution in [0.4, 0.5) is 24.7 Å². The van der Waals surface area contributed by atoms with Crippen LogP contribution >= 0.6 is 0 Å². The van der Waals surface area contributed by atoms with Gasteiger partial charge < -0.3 is 10.1 Å². The van der Waals surface area contributed by atoms with Crippen LogP contribution < -0.4 is 10.1 Å². The van der Waals surface area contributed by atoms with Gasteiger partial charge in [-0.3, -0.25) is 4.68 Å². The number of hydrogen-bond donors (Lipinski definition) is 1. The Bertz CT molecular complexity index is 1560. The van der Waals surface area contributed by atoms with Crippen LogP contribution in [0.3, 0.4) is 0 Å². The highest BCUT2D eigenvalue weighted by Gasteiger charge is 2.31. The number of halogens is 3. The van der Waals surface area contributed by atoms with Gasteiger partial charge in [0, 0.05) is 43.3 Å². The third-order valence-corrected chi connectivity index (χ3v) is 8.36. The highest BCUT2D eigenvalue weighted by molar-refractivity contribution is 7.89. The summed E-state index contributed by atoms with van der Waals surface area (Å²) in [6.45, 7) is 0.914. The minimum Gasteiger partial charge on any atom is -0.497 e. The van der Waals surface area contributed by atoms with Gasteiger partial charge in [0.2, 0.25) is 10.0 Å². The molecule has 1 aliphatic heterocycles. The molecule has 2 aromatic heterocycles. The van der Waals surface area contributed by atoms with E-state index >= 15 is 0 Å². The number of nitrogens with one attached hydrogen (secondary N) is 1. The van der Waals surface area contributed by atoms with E-state index in [1.165, 1.54) is 29.6 Å². The number of anilines is 2. The van der Waals surface area contributed by atoms with Crippen LogP contribution in [0.2, 0.25) is 0 Å². The second-order valence-corrected chi connectivity index (χ2v) is 11.3. The molecule has 2 aromatic carbocycles. The molecule has 0 unspecified atom stereocenters. The molecule has 1 aliphatic rings. The maximum Gasteiger partial charge on any atom is 0.417 e. The predicted octanol–water partition coefficient (Wildman–Crippen LogP) is 5.48. The SMILES string of the molecule is COc1ccc(CN(C)S(=O)(=O)c2ccc(Nc3ccc(C(F)(F)F)cn3)c(-c3cc4n(n3)CCC4)c2)cc1. The number of sulfonamides is 1. The Morgan fingerprint density at radius 2 is 1.85 bits per heavy atom. The van der Waals surface area contributed by atoms with Crippen molar-refractivity contribution in [2.45, 2.75) is 37.0 Å². The van der Waals surface area contributed by atoms with Crippen LogP contribution in [0, 0.1) is 0 Å². The molecule has 4 aromatic rings. The number of benzene rings is 2. The van der Waals surface area contributed by atoms with E-state index in [4.69, 9.17) is 4.74 Å². The van der Waals surface area contributed by atoms with Crippen LogP contribution in [0.25, 0.3) is 11.3 Å². The average Bonchev–Trinajstić information content (AvgIpc) is 3.52. The number of pyridine rings is 1. The van der Waals surface area contributed by atoms with Gasteiger partial charge in [-0.15, -0.1) is 0 Å². The van der Waals surface area contributed by atoms with Gasteiger partial charge in [-0.2, -0.15) is 22.6 Å². The van der Waals surface area contributed by atoms with Gasteiger partial charge in [0.15, 0.2) is 0 Å². The first-order chi connectivity index (χ1) is 18.5. The zero-order chi connectivity index (χ0) is 27.8. The van der Waals surface area contributed by atoms with Crippen LogP contribution in [-0.4, -0.2) is 41.6 Å². The quantitative estimate of drug-likeness (QED) is 0.309. The van der Waals surface area contributed by atoms with Crippen molar-refractivity contribution in [3.8, 4) is 17.0 Å². The van der Waals surface area contributed by atoms with E-state index in [1.54, 1.807) is 37.4 Å². The summed E-state index contributed by atoms with van der Waals surface area (Å²) in [5, 5.41) is 7.67. The predicted molar refractivity (Wildman–Crippen MR) is 140 cm³/mol. The van der Waals surface area contributed by atoms with Gasteiger partial charge >= 0.3 is 6.18 Å². The summed E-state index contributed by atoms with van der Waals surface area (Å²) in [7, 11) is -0.828. The summed E-state index contributed by atoms with van der Waals surface area (Å²) in [5.41, 5.74) is 2.50. The third-order valence-electron chi connectivity index (χ3n) is 6.56. The number of rotatable bonds is 8. The largest absolute Gasteiger partial charge is 0.497 e. The number of hydrogen-bond acceptors (Lipinski definition) is 6. The van der Waals surface area contributed by atoms with E-state index in [9.17, 15) is 21.6 Å². The van der Waals surface area contributed by atoms with Crippen LogP contribution in [-0.2, 0) is 35.7 Å². The van der Waals surface area contributed by atoms with Crippen LogP contribution in [0.1, 0.15) is 23.2 Å². The summed E-state index contributed by atoms with van der Waals surface area (Å²) in [5.74, 6) is 0.856. The molecule has 3 heterocycles. The molecule has 5 rings (SSSR count). The maximum atomic E-state index is 13.5. The van der Waals surface area contributed by atoms with Gasteiger partial charge in [-0.25, -0.2) is 13.4 Å². The van der Waals surface area contributed by atoms with Crippen LogP contribution in [0.5, 0.6) is 5.75 Å². The Balaban J connectivity index is 1.48. The van der Waals surface area contributed by atoms with E-state index in [1.807, 2.05) is 10.7 Å². The Labute approximate surface area is 224 Å². The summed E-state index contributed by atoms with van der Waals surface area (Å²) in [6.07, 6.45) is -1.91. The lowest BCUT2D eigenvalue weighted by molar-refractivity contribution is -0.137. The normalized spacial score (nSPS) is 13.5. The van der Waals surface area contributed by atoms with Crippen molar-refractivity contribution in [1.82, 2.24) is 19.1 Å². The molecule has 0 fully saturated rings. The van der Waals surface area contributed by atoms with Gasteiger partial charge in [0.05, 0.1) is 23.3 Å². The molecule has 0 radical (unpaired) electrons. The standard InChI is InChI=1S/C27H26F3N5O3S/c1-34(17-18-5-8-21(38-2)9-6-18)39(36,37)22-10-11-24(32-26-12-7-19(16-31-26)27(28,29)30)23(15-22)25-14-20-4-3-13-35(20)33-25/h5-12,14-16H,3-4,13,17H2,1-2H3,(H,31,32). The van der Waals surface area contributed by atoms with Gasteiger partial charge in [0.1, 0.15) is 11.6 Å². The number of ether oxygens (including phenoxy) is 1. The minimum absolute atomic E-state index is 0.0626. The fourth-order valence-electron chi connectivity index (χ4n) is 4.42. The third kappa shape index (κ3) is 5.62. The zero-order valence-corrected chi connectivity index (χ0v) is 22.1. The highest BCUT2D eigenvalue weighted by atomic mass is 32.2. The van der Waals surface area contributed by atoms with E-state index in [0.29, 0.717) is 22.7 Å². The second-order valence-electron chi connectivity index (χ2n) is 9.22. The molecule has 39 heavy (non-hydrogen) atoms. The molecule has 0 aliphatic carbocycles. The number of aromatic nitrogens is 3. The van der Waals surface area contributed by atoms with Gasteiger partial charge in [0.25, 0.3) is 0 Å². The summed E-state index contributed by atoms with van der Waals surface area (Å²) in [4.78, 5) is 3.95. The molecular weight excluding hydrogens is 531 g/mol. The van der Waals surface area contributed by atoms with Crippen molar-refractivity contribution in [2.75, 3.05) is 19.5 Å². The maximum absolute atomic E-state index is 13.5. The molecule has 0 saturated heterocycles. The summed E-state index contributed by atoms with van der Waals surface area (Å²) in [6, 6.07) is 15.8. The smallest absolute Gasteiger partial charge is 0.417 e. The molecule has 0 spiro atoms. The van der Waals surface area contributed by atoms with E-state index in [0.717, 1.165) is 42.9 Å². The van der Waals surface area contributed by atoms with Crippen LogP contribution in [0.15, 0.2) is 71.8 Å². The number of alkyl halides is 3. The minimum atomic E-state index is -4.50. The zero-order valence-electron chi connectivity index (χ0n) is 21.2. The first-order valence-corrected chi connectivity index (χ1v) is 13.6. The number of fused-ring (bicyclic) bond motifs is 1. The van der Waals surface area contributed by atoms with Gasteiger partial charge in [-0.1, -0.05) is 12.1 Å². The van der Waals surface area contributed by atoms with E-state index in [2.05, 4.69) is 15.4 Å². The Morgan fingerprint density at radius 1 is 1.08 bits per heavy atom. The fourth-order valence-corrected chi connectivity index (χ4v) is 5.61. The second kappa shape index (κ2) is 10.3. The molecule has 204 valence electrons. The lowest BCUT2D eigenvalue weighted by Crippen LogP contribution is -2.26. The average molecular weight is 558 g/mol. The monoisotopic (exact) mass is 557 g/mol.